The SMILES string of the molecule is CN(C)Cc1nc(C(=O)N[C@H]2C[C@H]3CNC[C@H]3C[C@@H]2O)cs1. The lowest BCUT2D eigenvalue weighted by atomic mass is 9.77. The average molecular weight is 324 g/mol. The third-order valence-corrected chi connectivity index (χ3v) is 5.43. The fourth-order valence-electron chi connectivity index (χ4n) is 3.45. The van der Waals surface area contributed by atoms with Crippen molar-refractivity contribution in [2.75, 3.05) is 27.2 Å². The summed E-state index contributed by atoms with van der Waals surface area (Å²) in [5.41, 5.74) is 0.459. The van der Waals surface area contributed by atoms with Crippen molar-refractivity contribution in [1.82, 2.24) is 20.5 Å². The van der Waals surface area contributed by atoms with Crippen LogP contribution >= 0.6 is 11.3 Å². The molecule has 1 aliphatic heterocycles. The maximum atomic E-state index is 12.3. The molecule has 0 aromatic carbocycles. The third-order valence-electron chi connectivity index (χ3n) is 4.60. The van der Waals surface area contributed by atoms with E-state index in [1.54, 1.807) is 5.38 Å². The molecule has 0 bridgehead atoms. The molecule has 3 rings (SSSR count). The summed E-state index contributed by atoms with van der Waals surface area (Å²) < 4.78 is 0. The zero-order valence-corrected chi connectivity index (χ0v) is 13.9. The van der Waals surface area contributed by atoms with Gasteiger partial charge in [0.25, 0.3) is 5.91 Å². The van der Waals surface area contributed by atoms with Gasteiger partial charge in [0.1, 0.15) is 10.7 Å². The third kappa shape index (κ3) is 3.48. The van der Waals surface area contributed by atoms with E-state index < -0.39 is 6.10 Å². The fourth-order valence-corrected chi connectivity index (χ4v) is 4.34. The quantitative estimate of drug-likeness (QED) is 0.742. The van der Waals surface area contributed by atoms with Gasteiger partial charge in [-0.25, -0.2) is 4.98 Å². The van der Waals surface area contributed by atoms with Crippen molar-refractivity contribution < 1.29 is 9.90 Å². The van der Waals surface area contributed by atoms with E-state index in [1.807, 2.05) is 19.0 Å². The van der Waals surface area contributed by atoms with Crippen LogP contribution in [-0.2, 0) is 6.54 Å². The number of aliphatic hydroxyl groups excluding tert-OH is 1. The first-order valence-electron chi connectivity index (χ1n) is 7.81. The minimum atomic E-state index is -0.454. The Hall–Kier alpha value is -1.02. The van der Waals surface area contributed by atoms with E-state index >= 15 is 0 Å². The second-order valence-electron chi connectivity index (χ2n) is 6.66. The summed E-state index contributed by atoms with van der Waals surface area (Å²) in [6.07, 6.45) is 1.16. The molecular weight excluding hydrogens is 300 g/mol. The Morgan fingerprint density at radius 1 is 1.45 bits per heavy atom. The number of aliphatic hydroxyl groups is 1. The number of hydrogen-bond acceptors (Lipinski definition) is 6. The fraction of sp³-hybridized carbons (Fsp3) is 0.733. The first-order valence-corrected chi connectivity index (χ1v) is 8.69. The van der Waals surface area contributed by atoms with E-state index in [-0.39, 0.29) is 11.9 Å². The molecule has 0 unspecified atom stereocenters. The lowest BCUT2D eigenvalue weighted by Crippen LogP contribution is -2.49. The molecule has 1 amide bonds. The molecule has 122 valence electrons. The number of nitrogens with one attached hydrogen (secondary N) is 2. The number of hydrogen-bond donors (Lipinski definition) is 3. The molecule has 2 aliphatic rings. The van der Waals surface area contributed by atoms with Crippen molar-refractivity contribution >= 4 is 17.2 Å². The van der Waals surface area contributed by atoms with Crippen LogP contribution in [0.3, 0.4) is 0 Å². The molecule has 2 fully saturated rings. The minimum Gasteiger partial charge on any atom is -0.391 e. The van der Waals surface area contributed by atoms with Crippen LogP contribution in [0.4, 0.5) is 0 Å². The molecule has 2 heterocycles. The van der Waals surface area contributed by atoms with Crippen LogP contribution < -0.4 is 10.6 Å². The summed E-state index contributed by atoms with van der Waals surface area (Å²) in [5, 5.41) is 19.3. The van der Waals surface area contributed by atoms with Gasteiger partial charge in [-0.15, -0.1) is 11.3 Å². The first kappa shape index (κ1) is 15.9. The molecular formula is C15H24N4O2S. The molecule has 1 saturated carbocycles. The zero-order chi connectivity index (χ0) is 15.7. The molecule has 1 aromatic rings. The lowest BCUT2D eigenvalue weighted by molar-refractivity contribution is 0.0460. The van der Waals surface area contributed by atoms with Crippen molar-refractivity contribution in [2.24, 2.45) is 11.8 Å². The Labute approximate surface area is 134 Å². The normalized spacial score (nSPS) is 31.3. The summed E-state index contributed by atoms with van der Waals surface area (Å²) in [5.74, 6) is 0.942. The Balaban J connectivity index is 1.60. The van der Waals surface area contributed by atoms with Gasteiger partial charge >= 0.3 is 0 Å². The van der Waals surface area contributed by atoms with Crippen LogP contribution in [0, 0.1) is 11.8 Å². The van der Waals surface area contributed by atoms with Gasteiger partial charge in [0, 0.05) is 11.9 Å². The second kappa shape index (κ2) is 6.62. The van der Waals surface area contributed by atoms with E-state index in [2.05, 4.69) is 15.6 Å². The first-order chi connectivity index (χ1) is 10.5. The van der Waals surface area contributed by atoms with Crippen molar-refractivity contribution in [2.45, 2.75) is 31.5 Å². The highest BCUT2D eigenvalue weighted by molar-refractivity contribution is 7.09. The van der Waals surface area contributed by atoms with Crippen LogP contribution in [-0.4, -0.2) is 60.2 Å². The topological polar surface area (TPSA) is 77.5 Å². The Kier molecular flexibility index (Phi) is 4.77. The number of nitrogens with zero attached hydrogens (tertiary/aromatic N) is 2. The van der Waals surface area contributed by atoms with Crippen LogP contribution in [0.5, 0.6) is 0 Å². The van der Waals surface area contributed by atoms with Gasteiger partial charge in [-0.05, 0) is 51.9 Å². The van der Waals surface area contributed by atoms with Gasteiger partial charge < -0.3 is 20.6 Å². The molecule has 6 nitrogen and oxygen atoms in total. The van der Waals surface area contributed by atoms with Crippen molar-refractivity contribution in [1.29, 1.82) is 0 Å². The molecule has 3 N–H and O–H groups in total. The highest BCUT2D eigenvalue weighted by atomic mass is 32.1. The zero-order valence-electron chi connectivity index (χ0n) is 13.1. The number of amides is 1. The van der Waals surface area contributed by atoms with Gasteiger partial charge in [-0.2, -0.15) is 0 Å². The second-order valence-corrected chi connectivity index (χ2v) is 7.60. The molecule has 1 saturated heterocycles. The van der Waals surface area contributed by atoms with E-state index in [9.17, 15) is 9.90 Å². The number of aromatic nitrogens is 1. The Bertz CT molecular complexity index is 533. The molecule has 22 heavy (non-hydrogen) atoms. The molecule has 0 spiro atoms. The average Bonchev–Trinajstić information content (AvgIpc) is 3.07. The predicted molar refractivity (Wildman–Crippen MR) is 85.8 cm³/mol. The highest BCUT2D eigenvalue weighted by Gasteiger charge is 2.39. The van der Waals surface area contributed by atoms with E-state index in [4.69, 9.17) is 0 Å². The van der Waals surface area contributed by atoms with Crippen LogP contribution in [0.15, 0.2) is 5.38 Å². The Morgan fingerprint density at radius 3 is 2.91 bits per heavy atom. The summed E-state index contributed by atoms with van der Waals surface area (Å²) in [6, 6.07) is -0.160. The summed E-state index contributed by atoms with van der Waals surface area (Å²) in [4.78, 5) is 18.7. The van der Waals surface area contributed by atoms with Crippen molar-refractivity contribution in [3.8, 4) is 0 Å². The number of fused-ring (bicyclic) bond motifs is 1. The van der Waals surface area contributed by atoms with E-state index in [1.165, 1.54) is 11.3 Å². The summed E-state index contributed by atoms with van der Waals surface area (Å²) in [6.45, 7) is 2.72. The summed E-state index contributed by atoms with van der Waals surface area (Å²) in [7, 11) is 3.96. The minimum absolute atomic E-state index is 0.160. The van der Waals surface area contributed by atoms with Gasteiger partial charge in [0.05, 0.1) is 12.1 Å². The van der Waals surface area contributed by atoms with Crippen molar-refractivity contribution in [3.05, 3.63) is 16.1 Å². The van der Waals surface area contributed by atoms with Gasteiger partial charge in [-0.1, -0.05) is 0 Å². The number of carbonyl (C=O) groups is 1. The van der Waals surface area contributed by atoms with Gasteiger partial charge in [0.2, 0.25) is 0 Å². The molecule has 1 aliphatic carbocycles. The van der Waals surface area contributed by atoms with Crippen LogP contribution in [0.2, 0.25) is 0 Å². The van der Waals surface area contributed by atoms with Gasteiger partial charge in [0.15, 0.2) is 0 Å². The number of thiazole rings is 1. The molecule has 0 radical (unpaired) electrons. The van der Waals surface area contributed by atoms with Crippen LogP contribution in [0.1, 0.15) is 28.3 Å². The van der Waals surface area contributed by atoms with E-state index in [0.717, 1.165) is 37.5 Å². The standard InChI is InChI=1S/C15H24N4O2S/c1-19(2)7-14-17-12(8-22-14)15(21)18-11-3-9-5-16-6-10(9)4-13(11)20/h8-11,13,16,20H,3-7H2,1-2H3,(H,18,21)/t9-,10+,11-,13-/m0/s1. The maximum absolute atomic E-state index is 12.3. The Morgan fingerprint density at radius 2 is 2.18 bits per heavy atom. The maximum Gasteiger partial charge on any atom is 0.271 e. The highest BCUT2D eigenvalue weighted by Crippen LogP contribution is 2.33. The summed E-state index contributed by atoms with van der Waals surface area (Å²) >= 11 is 1.50. The monoisotopic (exact) mass is 324 g/mol. The largest absolute Gasteiger partial charge is 0.391 e. The number of carbonyl (C=O) groups excluding carboxylic acids is 1. The van der Waals surface area contributed by atoms with Crippen molar-refractivity contribution in [3.63, 3.8) is 0 Å². The molecule has 1 aromatic heterocycles. The van der Waals surface area contributed by atoms with Gasteiger partial charge in [-0.3, -0.25) is 4.79 Å². The lowest BCUT2D eigenvalue weighted by Gasteiger charge is -2.35. The van der Waals surface area contributed by atoms with E-state index in [0.29, 0.717) is 17.5 Å². The smallest absolute Gasteiger partial charge is 0.271 e. The molecule has 7 heteroatoms. The molecule has 4 atom stereocenters. The predicted octanol–water partition coefficient (Wildman–Crippen LogP) is 0.293. The van der Waals surface area contributed by atoms with Crippen LogP contribution in [0.25, 0.3) is 0 Å². The number of rotatable bonds is 4.